The molecule has 3 fully saturated rings. The number of hydrogen-bond acceptors (Lipinski definition) is 7. The van der Waals surface area contributed by atoms with Gasteiger partial charge in [-0.05, 0) is 39.1 Å². The molecule has 0 spiro atoms. The van der Waals surface area contributed by atoms with Crippen molar-refractivity contribution < 1.29 is 28.4 Å². The van der Waals surface area contributed by atoms with Gasteiger partial charge in [-0.2, -0.15) is 0 Å². The molecule has 0 unspecified atom stereocenters. The van der Waals surface area contributed by atoms with Crippen LogP contribution in [0.25, 0.3) is 0 Å². The van der Waals surface area contributed by atoms with Crippen molar-refractivity contribution in [2.75, 3.05) is 6.61 Å². The molecule has 3 aliphatic heterocycles. The van der Waals surface area contributed by atoms with Gasteiger partial charge >= 0.3 is 0 Å². The van der Waals surface area contributed by atoms with E-state index >= 15 is 0 Å². The van der Waals surface area contributed by atoms with Crippen LogP contribution in [-0.4, -0.2) is 59.8 Å². The molecule has 0 radical (unpaired) electrons. The van der Waals surface area contributed by atoms with E-state index in [0.717, 1.165) is 9.62 Å². The summed E-state index contributed by atoms with van der Waals surface area (Å²) in [5.41, 5.74) is 0. The van der Waals surface area contributed by atoms with Gasteiger partial charge in [0, 0.05) is 0 Å². The van der Waals surface area contributed by atoms with Crippen LogP contribution < -0.4 is 0 Å². The molecule has 1 aromatic heterocycles. The van der Waals surface area contributed by atoms with E-state index in [4.69, 9.17) is 23.7 Å². The van der Waals surface area contributed by atoms with Gasteiger partial charge < -0.3 is 28.9 Å². The fourth-order valence-corrected chi connectivity index (χ4v) is 4.20. The summed E-state index contributed by atoms with van der Waals surface area (Å²) >= 11 is 1.50. The number of hydrogen-bond donors (Lipinski definition) is 0. The minimum absolute atomic E-state index is 0.353. The van der Waals surface area contributed by atoms with Gasteiger partial charge in [-0.3, -0.25) is 0 Å². The first-order chi connectivity index (χ1) is 11.7. The Morgan fingerprint density at radius 2 is 1.96 bits per heavy atom. The molecular weight excluding hydrogens is 346 g/mol. The van der Waals surface area contributed by atoms with Gasteiger partial charge in [0.15, 0.2) is 36.3 Å². The van der Waals surface area contributed by atoms with E-state index in [2.05, 4.69) is 0 Å². The summed E-state index contributed by atoms with van der Waals surface area (Å²) in [6, 6.07) is 3.23. The van der Waals surface area contributed by atoms with Crippen LogP contribution in [0.3, 0.4) is 0 Å². The number of thiophene rings is 1. The predicted molar refractivity (Wildman–Crippen MR) is 90.5 cm³/mol. The third-order valence-corrected chi connectivity index (χ3v) is 5.35. The van der Waals surface area contributed by atoms with Gasteiger partial charge in [0.25, 0.3) is 0 Å². The summed E-state index contributed by atoms with van der Waals surface area (Å²) in [5, 5.41) is 14.9. The molecule has 0 aliphatic carbocycles. The molecule has 3 aliphatic rings. The van der Waals surface area contributed by atoms with Crippen LogP contribution in [0.15, 0.2) is 17.5 Å². The molecule has 4 rings (SSSR count). The standard InChI is InChI=1S/C17H23NO6S/c1-16(2)20-9-11(22-16)13-12(18(19)8-10-6-5-7-25-10)14-15(21-13)24-17(3,4)23-14/h5-8,11-15H,9H2,1-4H3/b18-8-/t11-,12-,13-,14-,15-/m1/s1. The summed E-state index contributed by atoms with van der Waals surface area (Å²) < 4.78 is 30.3. The summed E-state index contributed by atoms with van der Waals surface area (Å²) in [4.78, 5) is 0.874. The highest BCUT2D eigenvalue weighted by Gasteiger charge is 2.62. The third-order valence-electron chi connectivity index (χ3n) is 4.54. The van der Waals surface area contributed by atoms with Gasteiger partial charge in [-0.25, -0.2) is 4.74 Å². The Morgan fingerprint density at radius 3 is 2.60 bits per heavy atom. The molecule has 25 heavy (non-hydrogen) atoms. The minimum Gasteiger partial charge on any atom is -0.623 e. The Hall–Kier alpha value is -1.03. The highest BCUT2D eigenvalue weighted by Crippen LogP contribution is 2.41. The maximum atomic E-state index is 13.0. The lowest BCUT2D eigenvalue weighted by molar-refractivity contribution is -0.516. The van der Waals surface area contributed by atoms with Gasteiger partial charge in [0.2, 0.25) is 6.04 Å². The van der Waals surface area contributed by atoms with Crippen molar-refractivity contribution in [1.29, 1.82) is 0 Å². The van der Waals surface area contributed by atoms with Gasteiger partial charge in [0.1, 0.15) is 6.10 Å². The van der Waals surface area contributed by atoms with E-state index < -0.39 is 36.1 Å². The summed E-state index contributed by atoms with van der Waals surface area (Å²) in [5.74, 6) is -1.48. The number of fused-ring (bicyclic) bond motifs is 1. The topological polar surface area (TPSA) is 72.2 Å². The lowest BCUT2D eigenvalue weighted by Crippen LogP contribution is -2.47. The normalized spacial score (nSPS) is 39.7. The van der Waals surface area contributed by atoms with Gasteiger partial charge in [-0.15, -0.1) is 11.3 Å². The van der Waals surface area contributed by atoms with E-state index in [1.54, 1.807) is 6.21 Å². The zero-order valence-electron chi connectivity index (χ0n) is 14.7. The number of rotatable bonds is 3. The molecule has 0 aromatic carbocycles. The monoisotopic (exact) mass is 369 g/mol. The molecule has 3 saturated heterocycles. The van der Waals surface area contributed by atoms with Crippen molar-refractivity contribution in [1.82, 2.24) is 0 Å². The molecule has 5 atom stereocenters. The smallest absolute Gasteiger partial charge is 0.222 e. The van der Waals surface area contributed by atoms with Crippen molar-refractivity contribution in [3.63, 3.8) is 0 Å². The fraction of sp³-hybridized carbons (Fsp3) is 0.706. The average Bonchev–Trinajstić information content (AvgIpc) is 3.22. The maximum absolute atomic E-state index is 13.0. The van der Waals surface area contributed by atoms with Crippen LogP contribution in [0.1, 0.15) is 32.6 Å². The first-order valence-electron chi connectivity index (χ1n) is 8.41. The predicted octanol–water partition coefficient (Wildman–Crippen LogP) is 2.07. The van der Waals surface area contributed by atoms with Crippen LogP contribution in [0.2, 0.25) is 0 Å². The zero-order valence-corrected chi connectivity index (χ0v) is 15.5. The molecule has 7 nitrogen and oxygen atoms in total. The Balaban J connectivity index is 1.62. The minimum atomic E-state index is -0.783. The lowest BCUT2D eigenvalue weighted by Gasteiger charge is -2.27. The maximum Gasteiger partial charge on any atom is 0.222 e. The number of ether oxygens (including phenoxy) is 5. The van der Waals surface area contributed by atoms with E-state index in [1.807, 2.05) is 45.2 Å². The molecule has 0 N–H and O–H groups in total. The Bertz CT molecular complexity index is 658. The van der Waals surface area contributed by atoms with Crippen molar-refractivity contribution in [2.24, 2.45) is 0 Å². The van der Waals surface area contributed by atoms with Gasteiger partial charge in [-0.1, -0.05) is 6.07 Å². The molecule has 0 bridgehead atoms. The summed E-state index contributed by atoms with van der Waals surface area (Å²) in [6.07, 6.45) is -0.355. The zero-order chi connectivity index (χ0) is 17.8. The third kappa shape index (κ3) is 3.34. The lowest BCUT2D eigenvalue weighted by atomic mass is 10.0. The van der Waals surface area contributed by atoms with Crippen molar-refractivity contribution in [3.8, 4) is 0 Å². The summed E-state index contributed by atoms with van der Waals surface area (Å²) in [6.45, 7) is 7.69. The molecule has 0 saturated carbocycles. The number of nitrogens with zero attached hydrogens (tertiary/aromatic N) is 1. The largest absolute Gasteiger partial charge is 0.623 e. The molecule has 8 heteroatoms. The number of hydroxylamine groups is 1. The second-order valence-electron chi connectivity index (χ2n) is 7.43. The summed E-state index contributed by atoms with van der Waals surface area (Å²) in [7, 11) is 0. The SMILES string of the molecule is CC1(C)O[C@H]2O[C@H]([C@H]3COC(C)(C)O3)[C@@H](/[N+]([O-])=C/c3cccs3)[C@H]2O1. The molecular formula is C17H23NO6S. The second kappa shape index (κ2) is 6.00. The fourth-order valence-electron chi connectivity index (χ4n) is 3.57. The van der Waals surface area contributed by atoms with Gasteiger partial charge in [0.05, 0.1) is 11.5 Å². The Kier molecular flexibility index (Phi) is 4.18. The average molecular weight is 369 g/mol. The first-order valence-corrected chi connectivity index (χ1v) is 9.29. The van der Waals surface area contributed by atoms with Crippen molar-refractivity contribution in [2.45, 2.75) is 69.9 Å². The Morgan fingerprint density at radius 1 is 1.16 bits per heavy atom. The van der Waals surface area contributed by atoms with Crippen LogP contribution in [0.5, 0.6) is 0 Å². The van der Waals surface area contributed by atoms with E-state index in [1.165, 1.54) is 11.3 Å². The van der Waals surface area contributed by atoms with E-state index in [-0.39, 0.29) is 6.10 Å². The van der Waals surface area contributed by atoms with E-state index in [9.17, 15) is 5.21 Å². The quantitative estimate of drug-likeness (QED) is 0.352. The second-order valence-corrected chi connectivity index (χ2v) is 8.41. The van der Waals surface area contributed by atoms with Crippen LogP contribution >= 0.6 is 11.3 Å². The molecule has 0 amide bonds. The van der Waals surface area contributed by atoms with E-state index in [0.29, 0.717) is 6.61 Å². The first kappa shape index (κ1) is 17.4. The van der Waals surface area contributed by atoms with Crippen molar-refractivity contribution >= 4 is 17.6 Å². The highest BCUT2D eigenvalue weighted by atomic mass is 32.1. The van der Waals surface area contributed by atoms with Crippen molar-refractivity contribution in [3.05, 3.63) is 27.6 Å². The van der Waals surface area contributed by atoms with Crippen LogP contribution in [0.4, 0.5) is 0 Å². The molecule has 4 heterocycles. The van der Waals surface area contributed by atoms with Crippen LogP contribution in [0, 0.1) is 5.21 Å². The highest BCUT2D eigenvalue weighted by molar-refractivity contribution is 7.11. The van der Waals surface area contributed by atoms with Crippen LogP contribution in [-0.2, 0) is 23.7 Å². The molecule has 1 aromatic rings. The molecule has 138 valence electrons. The Labute approximate surface area is 150 Å².